The number of hydrogen-bond acceptors (Lipinski definition) is 6. The van der Waals surface area contributed by atoms with Gasteiger partial charge in [-0.05, 0) is 6.42 Å². The molecule has 0 aliphatic heterocycles. The highest BCUT2D eigenvalue weighted by molar-refractivity contribution is 7.92. The lowest BCUT2D eigenvalue weighted by molar-refractivity contribution is 0.151. The minimum absolute atomic E-state index is 0.153. The minimum Gasteiger partial charge on any atom is -0.449 e. The summed E-state index contributed by atoms with van der Waals surface area (Å²) in [4.78, 5) is 14.7. The SMILES string of the molecule is CCCCOC(=O)NS(=O)(=O)c1nccs1. The lowest BCUT2D eigenvalue weighted by Gasteiger charge is -2.05. The van der Waals surface area contributed by atoms with Crippen LogP contribution in [0.25, 0.3) is 0 Å². The van der Waals surface area contributed by atoms with E-state index in [1.54, 1.807) is 4.72 Å². The predicted octanol–water partition coefficient (Wildman–Crippen LogP) is 1.36. The fraction of sp³-hybridized carbons (Fsp3) is 0.500. The van der Waals surface area contributed by atoms with Crippen LogP contribution in [0.15, 0.2) is 15.9 Å². The summed E-state index contributed by atoms with van der Waals surface area (Å²) in [6.45, 7) is 2.14. The molecule has 0 spiro atoms. The molecular weight excluding hydrogens is 252 g/mol. The third-order valence-electron chi connectivity index (χ3n) is 1.59. The van der Waals surface area contributed by atoms with Crippen molar-refractivity contribution in [3.05, 3.63) is 11.6 Å². The van der Waals surface area contributed by atoms with E-state index in [9.17, 15) is 13.2 Å². The van der Waals surface area contributed by atoms with E-state index in [-0.39, 0.29) is 10.9 Å². The summed E-state index contributed by atoms with van der Waals surface area (Å²) < 4.78 is 29.2. The number of sulfonamides is 1. The molecule has 0 aromatic carbocycles. The lowest BCUT2D eigenvalue weighted by atomic mass is 10.4. The Bertz CT molecular complexity index is 427. The van der Waals surface area contributed by atoms with Crippen LogP contribution in [0.5, 0.6) is 0 Å². The van der Waals surface area contributed by atoms with Gasteiger partial charge in [0.05, 0.1) is 6.61 Å². The van der Waals surface area contributed by atoms with Crippen molar-refractivity contribution in [2.75, 3.05) is 6.61 Å². The largest absolute Gasteiger partial charge is 0.449 e. The highest BCUT2D eigenvalue weighted by atomic mass is 32.2. The van der Waals surface area contributed by atoms with Crippen molar-refractivity contribution in [1.29, 1.82) is 0 Å². The molecule has 1 aromatic rings. The van der Waals surface area contributed by atoms with Crippen molar-refractivity contribution < 1.29 is 17.9 Å². The third-order valence-corrected chi connectivity index (χ3v) is 4.10. The number of hydrogen-bond donors (Lipinski definition) is 1. The molecule has 0 unspecified atom stereocenters. The molecule has 0 saturated carbocycles. The quantitative estimate of drug-likeness (QED) is 0.811. The number of thiazole rings is 1. The van der Waals surface area contributed by atoms with Crippen LogP contribution in [0, 0.1) is 0 Å². The monoisotopic (exact) mass is 264 g/mol. The second-order valence-electron chi connectivity index (χ2n) is 2.89. The Morgan fingerprint density at radius 1 is 1.62 bits per heavy atom. The molecule has 0 fully saturated rings. The number of carbonyl (C=O) groups excluding carboxylic acids is 1. The minimum atomic E-state index is -3.87. The Hall–Kier alpha value is -1.15. The molecule has 6 nitrogen and oxygen atoms in total. The summed E-state index contributed by atoms with van der Waals surface area (Å²) in [5.74, 6) is 0. The first-order chi connectivity index (χ1) is 7.56. The fourth-order valence-electron chi connectivity index (χ4n) is 0.835. The number of aromatic nitrogens is 1. The van der Waals surface area contributed by atoms with Crippen molar-refractivity contribution >= 4 is 27.5 Å². The maximum atomic E-state index is 11.5. The summed E-state index contributed by atoms with van der Waals surface area (Å²) in [7, 11) is -3.87. The second kappa shape index (κ2) is 5.80. The van der Waals surface area contributed by atoms with E-state index in [2.05, 4.69) is 9.72 Å². The van der Waals surface area contributed by atoms with Crippen LogP contribution in [0.3, 0.4) is 0 Å². The first kappa shape index (κ1) is 12.9. The number of rotatable bonds is 5. The molecular formula is C8H12N2O4S2. The molecule has 16 heavy (non-hydrogen) atoms. The summed E-state index contributed by atoms with van der Waals surface area (Å²) in [5, 5.41) is 1.51. The lowest BCUT2D eigenvalue weighted by Crippen LogP contribution is -2.31. The molecule has 1 amide bonds. The van der Waals surface area contributed by atoms with Gasteiger partial charge in [-0.1, -0.05) is 13.3 Å². The van der Waals surface area contributed by atoms with Gasteiger partial charge in [0.25, 0.3) is 10.0 Å². The van der Waals surface area contributed by atoms with Crippen LogP contribution in [-0.4, -0.2) is 26.1 Å². The summed E-state index contributed by atoms with van der Waals surface area (Å²) in [6.07, 6.45) is 1.95. The van der Waals surface area contributed by atoms with Crippen LogP contribution < -0.4 is 4.72 Å². The van der Waals surface area contributed by atoms with Crippen LogP contribution in [0.1, 0.15) is 19.8 Å². The van der Waals surface area contributed by atoms with Crippen molar-refractivity contribution in [3.8, 4) is 0 Å². The summed E-state index contributed by atoms with van der Waals surface area (Å²) >= 11 is 0.931. The molecule has 0 aliphatic rings. The Morgan fingerprint density at radius 3 is 2.94 bits per heavy atom. The molecule has 90 valence electrons. The van der Waals surface area contributed by atoms with Crippen LogP contribution >= 0.6 is 11.3 Å². The van der Waals surface area contributed by atoms with Gasteiger partial charge in [0.1, 0.15) is 0 Å². The average Bonchev–Trinajstić information content (AvgIpc) is 2.70. The molecule has 1 heterocycles. The zero-order valence-electron chi connectivity index (χ0n) is 8.67. The molecule has 0 saturated heterocycles. The maximum Gasteiger partial charge on any atom is 0.421 e. The molecule has 1 N–H and O–H groups in total. The Balaban J connectivity index is 2.51. The fourth-order valence-corrected chi connectivity index (χ4v) is 2.56. The van der Waals surface area contributed by atoms with Crippen molar-refractivity contribution in [3.63, 3.8) is 0 Å². The number of nitrogens with zero attached hydrogens (tertiary/aromatic N) is 1. The van der Waals surface area contributed by atoms with Crippen LogP contribution in [-0.2, 0) is 14.8 Å². The smallest absolute Gasteiger partial charge is 0.421 e. The van der Waals surface area contributed by atoms with E-state index in [1.807, 2.05) is 6.92 Å². The predicted molar refractivity (Wildman–Crippen MR) is 58.7 cm³/mol. The molecule has 1 aromatic heterocycles. The van der Waals surface area contributed by atoms with Gasteiger partial charge < -0.3 is 4.74 Å². The van der Waals surface area contributed by atoms with Crippen LogP contribution in [0.4, 0.5) is 4.79 Å². The van der Waals surface area contributed by atoms with Crippen molar-refractivity contribution in [2.45, 2.75) is 24.1 Å². The molecule has 8 heteroatoms. The van der Waals surface area contributed by atoms with E-state index in [0.717, 1.165) is 17.8 Å². The van der Waals surface area contributed by atoms with E-state index in [4.69, 9.17) is 0 Å². The number of nitrogens with one attached hydrogen (secondary N) is 1. The Kier molecular flexibility index (Phi) is 4.69. The van der Waals surface area contributed by atoms with Gasteiger partial charge in [0.15, 0.2) is 0 Å². The zero-order chi connectivity index (χ0) is 12.0. The Morgan fingerprint density at radius 2 is 2.38 bits per heavy atom. The van der Waals surface area contributed by atoms with Gasteiger partial charge >= 0.3 is 6.09 Å². The van der Waals surface area contributed by atoms with E-state index in [0.29, 0.717) is 6.42 Å². The number of unbranched alkanes of at least 4 members (excludes halogenated alkanes) is 1. The average molecular weight is 264 g/mol. The van der Waals surface area contributed by atoms with Gasteiger partial charge in [-0.25, -0.2) is 14.5 Å². The van der Waals surface area contributed by atoms with Gasteiger partial charge in [-0.2, -0.15) is 8.42 Å². The summed E-state index contributed by atoms with van der Waals surface area (Å²) in [5.41, 5.74) is 0. The van der Waals surface area contributed by atoms with E-state index in [1.165, 1.54) is 11.6 Å². The third kappa shape index (κ3) is 3.78. The number of amides is 1. The van der Waals surface area contributed by atoms with E-state index >= 15 is 0 Å². The highest BCUT2D eigenvalue weighted by Crippen LogP contribution is 2.11. The topological polar surface area (TPSA) is 85.4 Å². The normalized spacial score (nSPS) is 11.1. The van der Waals surface area contributed by atoms with Gasteiger partial charge in [-0.15, -0.1) is 11.3 Å². The van der Waals surface area contributed by atoms with E-state index < -0.39 is 16.1 Å². The molecule has 1 rings (SSSR count). The number of carbonyl (C=O) groups is 1. The first-order valence-corrected chi connectivity index (χ1v) is 7.01. The zero-order valence-corrected chi connectivity index (χ0v) is 10.3. The molecule has 0 radical (unpaired) electrons. The van der Waals surface area contributed by atoms with Gasteiger partial charge in [0, 0.05) is 11.6 Å². The molecule has 0 bridgehead atoms. The van der Waals surface area contributed by atoms with Crippen molar-refractivity contribution in [2.24, 2.45) is 0 Å². The maximum absolute atomic E-state index is 11.5. The van der Waals surface area contributed by atoms with Crippen LogP contribution in [0.2, 0.25) is 0 Å². The second-order valence-corrected chi connectivity index (χ2v) is 5.64. The first-order valence-electron chi connectivity index (χ1n) is 4.65. The van der Waals surface area contributed by atoms with Gasteiger partial charge in [0.2, 0.25) is 4.34 Å². The summed E-state index contributed by atoms with van der Waals surface area (Å²) in [6, 6.07) is 0. The Labute approximate surface area is 97.7 Å². The standard InChI is InChI=1S/C8H12N2O4S2/c1-2-3-5-14-7(11)10-16(12,13)8-9-4-6-15-8/h4,6H,2-3,5H2,1H3,(H,10,11). The highest BCUT2D eigenvalue weighted by Gasteiger charge is 2.20. The molecule has 0 atom stereocenters. The number of ether oxygens (including phenoxy) is 1. The van der Waals surface area contributed by atoms with Crippen molar-refractivity contribution in [1.82, 2.24) is 9.71 Å². The molecule has 0 aliphatic carbocycles. The van der Waals surface area contributed by atoms with Gasteiger partial charge in [-0.3, -0.25) is 0 Å².